The van der Waals surface area contributed by atoms with Gasteiger partial charge in [-0.3, -0.25) is 4.79 Å². The Morgan fingerprint density at radius 2 is 2.06 bits per heavy atom. The molecule has 0 unspecified atom stereocenters. The first kappa shape index (κ1) is 14.9. The highest BCUT2D eigenvalue weighted by atomic mass is 79.9. The number of halogens is 1. The average Bonchev–Trinajstić information content (AvgIpc) is 2.42. The topological polar surface area (TPSA) is 38.3 Å². The second kappa shape index (κ2) is 8.89. The fourth-order valence-electron chi connectivity index (χ4n) is 1.35. The van der Waals surface area contributed by atoms with Crippen molar-refractivity contribution in [2.24, 2.45) is 0 Å². The van der Waals surface area contributed by atoms with Crippen molar-refractivity contribution in [1.29, 1.82) is 0 Å². The Hall–Kier alpha value is -1.13. The highest BCUT2D eigenvalue weighted by Crippen LogP contribution is 2.07. The predicted octanol–water partition coefficient (Wildman–Crippen LogP) is 2.90. The standard InChI is InChI=1S/C14H18BrNO2/c1-2-3-9-18-10-8-16-14(17)13-6-4-12(11-15)5-7-13/h2,4-7H,1,3,8-11H2,(H,16,17). The largest absolute Gasteiger partial charge is 0.379 e. The van der Waals surface area contributed by atoms with Gasteiger partial charge < -0.3 is 10.1 Å². The molecule has 0 heterocycles. The minimum atomic E-state index is -0.0663. The zero-order chi connectivity index (χ0) is 13.2. The van der Waals surface area contributed by atoms with Gasteiger partial charge in [0.2, 0.25) is 0 Å². The third-order valence-electron chi connectivity index (χ3n) is 2.37. The van der Waals surface area contributed by atoms with Crippen molar-refractivity contribution in [3.63, 3.8) is 0 Å². The summed E-state index contributed by atoms with van der Waals surface area (Å²) in [5.74, 6) is -0.0663. The van der Waals surface area contributed by atoms with Crippen LogP contribution >= 0.6 is 15.9 Å². The summed E-state index contributed by atoms with van der Waals surface area (Å²) in [5, 5.41) is 3.61. The summed E-state index contributed by atoms with van der Waals surface area (Å²) in [6.07, 6.45) is 2.64. The third kappa shape index (κ3) is 5.47. The second-order valence-electron chi connectivity index (χ2n) is 3.78. The molecule has 1 amide bonds. The van der Waals surface area contributed by atoms with Crippen LogP contribution < -0.4 is 5.32 Å². The first-order valence-electron chi connectivity index (χ1n) is 5.89. The van der Waals surface area contributed by atoms with Gasteiger partial charge in [0.05, 0.1) is 13.2 Å². The number of amides is 1. The van der Waals surface area contributed by atoms with Crippen LogP contribution in [0.4, 0.5) is 0 Å². The molecule has 0 fully saturated rings. The van der Waals surface area contributed by atoms with E-state index in [1.807, 2.05) is 30.3 Å². The third-order valence-corrected chi connectivity index (χ3v) is 3.02. The van der Waals surface area contributed by atoms with Crippen molar-refractivity contribution in [2.75, 3.05) is 19.8 Å². The van der Waals surface area contributed by atoms with Crippen LogP contribution in [0.1, 0.15) is 22.3 Å². The molecular formula is C14H18BrNO2. The molecule has 0 radical (unpaired) electrons. The van der Waals surface area contributed by atoms with E-state index >= 15 is 0 Å². The lowest BCUT2D eigenvalue weighted by Crippen LogP contribution is -2.27. The molecule has 0 aliphatic carbocycles. The minimum absolute atomic E-state index is 0.0663. The highest BCUT2D eigenvalue weighted by Gasteiger charge is 2.03. The van der Waals surface area contributed by atoms with Crippen molar-refractivity contribution < 1.29 is 9.53 Å². The quantitative estimate of drug-likeness (QED) is 0.455. The molecule has 4 heteroatoms. The molecule has 1 rings (SSSR count). The lowest BCUT2D eigenvalue weighted by molar-refractivity contribution is 0.0918. The summed E-state index contributed by atoms with van der Waals surface area (Å²) in [6.45, 7) is 5.31. The number of nitrogens with one attached hydrogen (secondary N) is 1. The Balaban J connectivity index is 2.25. The maximum Gasteiger partial charge on any atom is 0.251 e. The number of carbonyl (C=O) groups excluding carboxylic acids is 1. The minimum Gasteiger partial charge on any atom is -0.379 e. The maximum absolute atomic E-state index is 11.7. The Morgan fingerprint density at radius 1 is 1.33 bits per heavy atom. The van der Waals surface area contributed by atoms with Gasteiger partial charge in [0.15, 0.2) is 0 Å². The Kier molecular flexibility index (Phi) is 7.37. The molecule has 3 nitrogen and oxygen atoms in total. The van der Waals surface area contributed by atoms with Crippen LogP contribution in [-0.2, 0) is 10.1 Å². The Labute approximate surface area is 116 Å². The van der Waals surface area contributed by atoms with Gasteiger partial charge >= 0.3 is 0 Å². The predicted molar refractivity (Wildman–Crippen MR) is 77.0 cm³/mol. The van der Waals surface area contributed by atoms with Gasteiger partial charge in [-0.05, 0) is 24.1 Å². The fraction of sp³-hybridized carbons (Fsp3) is 0.357. The molecule has 0 saturated heterocycles. The molecule has 18 heavy (non-hydrogen) atoms. The lowest BCUT2D eigenvalue weighted by atomic mass is 10.1. The van der Waals surface area contributed by atoms with Crippen LogP contribution in [0.2, 0.25) is 0 Å². The summed E-state index contributed by atoms with van der Waals surface area (Å²) >= 11 is 3.37. The van der Waals surface area contributed by atoms with Crippen LogP contribution in [0.25, 0.3) is 0 Å². The van der Waals surface area contributed by atoms with Crippen molar-refractivity contribution in [1.82, 2.24) is 5.32 Å². The number of ether oxygens (including phenoxy) is 1. The van der Waals surface area contributed by atoms with E-state index in [0.29, 0.717) is 25.3 Å². The van der Waals surface area contributed by atoms with E-state index in [2.05, 4.69) is 27.8 Å². The Morgan fingerprint density at radius 3 is 2.67 bits per heavy atom. The number of alkyl halides is 1. The smallest absolute Gasteiger partial charge is 0.251 e. The van der Waals surface area contributed by atoms with E-state index in [-0.39, 0.29) is 5.91 Å². The molecule has 0 aliphatic heterocycles. The normalized spacial score (nSPS) is 10.1. The number of benzene rings is 1. The van der Waals surface area contributed by atoms with Gasteiger partial charge in [0.1, 0.15) is 0 Å². The summed E-state index contributed by atoms with van der Waals surface area (Å²) in [4.78, 5) is 11.7. The van der Waals surface area contributed by atoms with E-state index in [9.17, 15) is 4.79 Å². The van der Waals surface area contributed by atoms with E-state index in [1.165, 1.54) is 0 Å². The Bertz CT molecular complexity index is 376. The summed E-state index contributed by atoms with van der Waals surface area (Å²) in [6, 6.07) is 7.52. The second-order valence-corrected chi connectivity index (χ2v) is 4.34. The molecule has 1 aromatic rings. The SMILES string of the molecule is C=CCCOCCNC(=O)c1ccc(CBr)cc1. The zero-order valence-corrected chi connectivity index (χ0v) is 11.9. The molecule has 98 valence electrons. The molecule has 0 bridgehead atoms. The van der Waals surface area contributed by atoms with E-state index in [1.54, 1.807) is 0 Å². The molecule has 0 aromatic heterocycles. The monoisotopic (exact) mass is 311 g/mol. The van der Waals surface area contributed by atoms with Crippen molar-refractivity contribution in [3.05, 3.63) is 48.0 Å². The van der Waals surface area contributed by atoms with E-state index in [4.69, 9.17) is 4.74 Å². The van der Waals surface area contributed by atoms with Crippen LogP contribution in [0.3, 0.4) is 0 Å². The van der Waals surface area contributed by atoms with Gasteiger partial charge in [-0.2, -0.15) is 0 Å². The molecule has 0 saturated carbocycles. The molecule has 1 aromatic carbocycles. The van der Waals surface area contributed by atoms with Crippen molar-refractivity contribution >= 4 is 21.8 Å². The van der Waals surface area contributed by atoms with E-state index in [0.717, 1.165) is 17.3 Å². The molecule has 0 aliphatic rings. The molecular weight excluding hydrogens is 294 g/mol. The highest BCUT2D eigenvalue weighted by molar-refractivity contribution is 9.08. The zero-order valence-electron chi connectivity index (χ0n) is 10.3. The number of carbonyl (C=O) groups is 1. The van der Waals surface area contributed by atoms with Crippen LogP contribution in [0, 0.1) is 0 Å². The molecule has 0 spiro atoms. The van der Waals surface area contributed by atoms with Crippen LogP contribution in [-0.4, -0.2) is 25.7 Å². The summed E-state index contributed by atoms with van der Waals surface area (Å²) in [5.41, 5.74) is 1.82. The first-order valence-corrected chi connectivity index (χ1v) is 7.02. The summed E-state index contributed by atoms with van der Waals surface area (Å²) in [7, 11) is 0. The average molecular weight is 312 g/mol. The fourth-order valence-corrected chi connectivity index (χ4v) is 1.73. The molecule has 0 atom stereocenters. The van der Waals surface area contributed by atoms with Crippen LogP contribution in [0.15, 0.2) is 36.9 Å². The van der Waals surface area contributed by atoms with Gasteiger partial charge in [-0.25, -0.2) is 0 Å². The van der Waals surface area contributed by atoms with Crippen molar-refractivity contribution in [2.45, 2.75) is 11.8 Å². The first-order chi connectivity index (χ1) is 8.77. The maximum atomic E-state index is 11.7. The number of hydrogen-bond donors (Lipinski definition) is 1. The van der Waals surface area contributed by atoms with Gasteiger partial charge in [0.25, 0.3) is 5.91 Å². The van der Waals surface area contributed by atoms with Crippen LogP contribution in [0.5, 0.6) is 0 Å². The van der Waals surface area contributed by atoms with Crippen molar-refractivity contribution in [3.8, 4) is 0 Å². The van der Waals surface area contributed by atoms with E-state index < -0.39 is 0 Å². The number of hydrogen-bond acceptors (Lipinski definition) is 2. The molecule has 1 N–H and O–H groups in total. The van der Waals surface area contributed by atoms with Gasteiger partial charge in [-0.1, -0.05) is 34.1 Å². The summed E-state index contributed by atoms with van der Waals surface area (Å²) < 4.78 is 5.30. The lowest BCUT2D eigenvalue weighted by Gasteiger charge is -2.06. The van der Waals surface area contributed by atoms with Gasteiger partial charge in [0, 0.05) is 17.4 Å². The van der Waals surface area contributed by atoms with Gasteiger partial charge in [-0.15, -0.1) is 6.58 Å². The number of rotatable bonds is 8.